The standard InChI is InChI=1S/C14H15N3OS/c1-15-14-17-12(8-19-14)10-3-2-4-11(7-10)16-13(18)9-5-6-9/h2-4,7-9H,5-6H2,1H3,(H,15,17)(H,16,18). The molecular formula is C14H15N3OS. The van der Waals surface area contributed by atoms with Crippen LogP contribution in [0.2, 0.25) is 0 Å². The van der Waals surface area contributed by atoms with E-state index in [0.29, 0.717) is 0 Å². The van der Waals surface area contributed by atoms with E-state index in [1.807, 2.05) is 36.7 Å². The van der Waals surface area contributed by atoms with Gasteiger partial charge in [-0.3, -0.25) is 4.79 Å². The molecule has 0 aliphatic heterocycles. The van der Waals surface area contributed by atoms with Crippen LogP contribution in [0.25, 0.3) is 11.3 Å². The smallest absolute Gasteiger partial charge is 0.227 e. The molecule has 1 aliphatic rings. The van der Waals surface area contributed by atoms with Crippen molar-refractivity contribution in [1.29, 1.82) is 0 Å². The van der Waals surface area contributed by atoms with Gasteiger partial charge >= 0.3 is 0 Å². The summed E-state index contributed by atoms with van der Waals surface area (Å²) in [6.45, 7) is 0. The first-order chi connectivity index (χ1) is 9.26. The van der Waals surface area contributed by atoms with Crippen LogP contribution in [0, 0.1) is 5.92 Å². The predicted molar refractivity (Wildman–Crippen MR) is 78.5 cm³/mol. The lowest BCUT2D eigenvalue weighted by Crippen LogP contribution is -2.13. The zero-order valence-corrected chi connectivity index (χ0v) is 11.5. The number of anilines is 2. The quantitative estimate of drug-likeness (QED) is 0.899. The van der Waals surface area contributed by atoms with E-state index >= 15 is 0 Å². The van der Waals surface area contributed by atoms with Gasteiger partial charge in [-0.25, -0.2) is 4.98 Å². The molecule has 1 amide bonds. The van der Waals surface area contributed by atoms with Crippen LogP contribution in [0.5, 0.6) is 0 Å². The first-order valence-electron chi connectivity index (χ1n) is 6.31. The summed E-state index contributed by atoms with van der Waals surface area (Å²) in [5.41, 5.74) is 2.79. The fourth-order valence-electron chi connectivity index (χ4n) is 1.87. The first kappa shape index (κ1) is 12.2. The molecule has 0 radical (unpaired) electrons. The van der Waals surface area contributed by atoms with Gasteiger partial charge in [-0.15, -0.1) is 11.3 Å². The molecule has 1 fully saturated rings. The van der Waals surface area contributed by atoms with Gasteiger partial charge in [0.05, 0.1) is 5.69 Å². The molecule has 0 saturated heterocycles. The second kappa shape index (κ2) is 5.01. The number of hydrogen-bond acceptors (Lipinski definition) is 4. The third kappa shape index (κ3) is 2.76. The summed E-state index contributed by atoms with van der Waals surface area (Å²) < 4.78 is 0. The Labute approximate surface area is 115 Å². The fraction of sp³-hybridized carbons (Fsp3) is 0.286. The molecule has 1 aromatic carbocycles. The third-order valence-corrected chi connectivity index (χ3v) is 3.95. The maximum absolute atomic E-state index is 11.7. The average Bonchev–Trinajstić information content (AvgIpc) is 3.17. The molecule has 5 heteroatoms. The molecule has 0 atom stereocenters. The molecule has 1 aromatic heterocycles. The Kier molecular flexibility index (Phi) is 3.21. The minimum absolute atomic E-state index is 0.131. The summed E-state index contributed by atoms with van der Waals surface area (Å²) in [6.07, 6.45) is 2.03. The third-order valence-electron chi connectivity index (χ3n) is 3.09. The van der Waals surface area contributed by atoms with Crippen LogP contribution in [0.1, 0.15) is 12.8 Å². The van der Waals surface area contributed by atoms with Gasteiger partial charge in [0.2, 0.25) is 5.91 Å². The maximum Gasteiger partial charge on any atom is 0.227 e. The zero-order valence-electron chi connectivity index (χ0n) is 10.6. The molecule has 19 heavy (non-hydrogen) atoms. The summed E-state index contributed by atoms with van der Waals surface area (Å²) in [6, 6.07) is 7.82. The average molecular weight is 273 g/mol. The highest BCUT2D eigenvalue weighted by molar-refractivity contribution is 7.14. The Morgan fingerprint density at radius 2 is 2.26 bits per heavy atom. The van der Waals surface area contributed by atoms with E-state index < -0.39 is 0 Å². The maximum atomic E-state index is 11.7. The fourth-order valence-corrected chi connectivity index (χ4v) is 2.55. The van der Waals surface area contributed by atoms with Crippen molar-refractivity contribution in [3.63, 3.8) is 0 Å². The minimum Gasteiger partial charge on any atom is -0.365 e. The lowest BCUT2D eigenvalue weighted by Gasteiger charge is -2.05. The highest BCUT2D eigenvalue weighted by Crippen LogP contribution is 2.31. The summed E-state index contributed by atoms with van der Waals surface area (Å²) >= 11 is 1.57. The molecule has 1 heterocycles. The van der Waals surface area contributed by atoms with Crippen molar-refractivity contribution in [1.82, 2.24) is 4.98 Å². The van der Waals surface area contributed by atoms with Gasteiger partial charge in [0, 0.05) is 29.6 Å². The highest BCUT2D eigenvalue weighted by Gasteiger charge is 2.29. The second-order valence-corrected chi connectivity index (χ2v) is 5.49. The van der Waals surface area contributed by atoms with Crippen molar-refractivity contribution in [2.45, 2.75) is 12.8 Å². The number of nitrogens with zero attached hydrogens (tertiary/aromatic N) is 1. The Morgan fingerprint density at radius 1 is 1.42 bits per heavy atom. The van der Waals surface area contributed by atoms with Crippen LogP contribution in [0.4, 0.5) is 10.8 Å². The largest absolute Gasteiger partial charge is 0.365 e. The van der Waals surface area contributed by atoms with Crippen LogP contribution >= 0.6 is 11.3 Å². The van der Waals surface area contributed by atoms with Crippen molar-refractivity contribution in [2.75, 3.05) is 17.7 Å². The monoisotopic (exact) mass is 273 g/mol. The lowest BCUT2D eigenvalue weighted by molar-refractivity contribution is -0.117. The van der Waals surface area contributed by atoms with Gasteiger partial charge < -0.3 is 10.6 Å². The van der Waals surface area contributed by atoms with E-state index in [4.69, 9.17) is 0 Å². The number of nitrogens with one attached hydrogen (secondary N) is 2. The SMILES string of the molecule is CNc1nc(-c2cccc(NC(=O)C3CC3)c2)cs1. The number of carbonyl (C=O) groups is 1. The van der Waals surface area contributed by atoms with Crippen molar-refractivity contribution in [2.24, 2.45) is 5.92 Å². The van der Waals surface area contributed by atoms with Crippen LogP contribution < -0.4 is 10.6 Å². The molecule has 2 N–H and O–H groups in total. The van der Waals surface area contributed by atoms with Crippen molar-refractivity contribution in [3.8, 4) is 11.3 Å². The zero-order chi connectivity index (χ0) is 13.2. The Bertz CT molecular complexity index is 604. The van der Waals surface area contributed by atoms with Gasteiger partial charge in [-0.2, -0.15) is 0 Å². The number of amides is 1. The molecular weight excluding hydrogens is 258 g/mol. The number of benzene rings is 1. The summed E-state index contributed by atoms with van der Waals surface area (Å²) in [7, 11) is 1.86. The summed E-state index contributed by atoms with van der Waals surface area (Å²) in [5.74, 6) is 0.352. The van der Waals surface area contributed by atoms with Gasteiger partial charge in [0.25, 0.3) is 0 Å². The first-order valence-corrected chi connectivity index (χ1v) is 7.19. The van der Waals surface area contributed by atoms with Gasteiger partial charge in [0.15, 0.2) is 5.13 Å². The van der Waals surface area contributed by atoms with Gasteiger partial charge in [-0.05, 0) is 25.0 Å². The predicted octanol–water partition coefficient (Wildman–Crippen LogP) is 3.20. The van der Waals surface area contributed by atoms with Crippen LogP contribution in [0.3, 0.4) is 0 Å². The normalized spacial score (nSPS) is 14.2. The summed E-state index contributed by atoms with van der Waals surface area (Å²) in [5, 5.41) is 8.88. The van der Waals surface area contributed by atoms with Crippen molar-refractivity contribution >= 4 is 28.1 Å². The van der Waals surface area contributed by atoms with E-state index in [1.165, 1.54) is 0 Å². The van der Waals surface area contributed by atoms with Crippen LogP contribution in [0.15, 0.2) is 29.6 Å². The van der Waals surface area contributed by atoms with Crippen LogP contribution in [-0.4, -0.2) is 17.9 Å². The van der Waals surface area contributed by atoms with Gasteiger partial charge in [-0.1, -0.05) is 12.1 Å². The second-order valence-electron chi connectivity index (χ2n) is 4.63. The van der Waals surface area contributed by atoms with E-state index in [-0.39, 0.29) is 11.8 Å². The van der Waals surface area contributed by atoms with Gasteiger partial charge in [0.1, 0.15) is 0 Å². The van der Waals surface area contributed by atoms with Crippen LogP contribution in [-0.2, 0) is 4.79 Å². The van der Waals surface area contributed by atoms with E-state index in [9.17, 15) is 4.79 Å². The summed E-state index contributed by atoms with van der Waals surface area (Å²) in [4.78, 5) is 16.2. The number of carbonyl (C=O) groups excluding carboxylic acids is 1. The molecule has 1 aliphatic carbocycles. The molecule has 1 saturated carbocycles. The van der Waals surface area contributed by atoms with E-state index in [0.717, 1.165) is 34.9 Å². The van der Waals surface area contributed by atoms with Crippen molar-refractivity contribution in [3.05, 3.63) is 29.6 Å². The number of thiazole rings is 1. The van der Waals surface area contributed by atoms with E-state index in [2.05, 4.69) is 15.6 Å². The Morgan fingerprint density at radius 3 is 2.95 bits per heavy atom. The highest BCUT2D eigenvalue weighted by atomic mass is 32.1. The Balaban J connectivity index is 1.80. The lowest BCUT2D eigenvalue weighted by atomic mass is 10.1. The minimum atomic E-state index is 0.131. The number of rotatable bonds is 4. The molecule has 4 nitrogen and oxygen atoms in total. The Hall–Kier alpha value is -1.88. The number of hydrogen-bond donors (Lipinski definition) is 2. The van der Waals surface area contributed by atoms with Crippen molar-refractivity contribution < 1.29 is 4.79 Å². The molecule has 3 rings (SSSR count). The molecule has 98 valence electrons. The molecule has 2 aromatic rings. The van der Waals surface area contributed by atoms with E-state index in [1.54, 1.807) is 11.3 Å². The molecule has 0 unspecified atom stereocenters. The molecule has 0 bridgehead atoms. The topological polar surface area (TPSA) is 54.0 Å². The molecule has 0 spiro atoms. The number of aromatic nitrogens is 1.